The van der Waals surface area contributed by atoms with Gasteiger partial charge in [-0.05, 0) is 51.4 Å². The van der Waals surface area contributed by atoms with Crippen molar-refractivity contribution in [1.29, 1.82) is 0 Å². The molecule has 0 radical (unpaired) electrons. The molecule has 160 valence electrons. The lowest BCUT2D eigenvalue weighted by Crippen LogP contribution is -1.93. The van der Waals surface area contributed by atoms with Gasteiger partial charge in [-0.15, -0.1) is 0 Å². The van der Waals surface area contributed by atoms with E-state index < -0.39 is 5.97 Å². The maximum absolute atomic E-state index is 10.4. The van der Waals surface area contributed by atoms with Crippen LogP contribution in [0.25, 0.3) is 0 Å². The number of hydrogen-bond donors (Lipinski definition) is 1. The van der Waals surface area contributed by atoms with Gasteiger partial charge in [0.2, 0.25) is 0 Å². The molecular formula is C26H44O2. The van der Waals surface area contributed by atoms with E-state index in [1.807, 2.05) is 0 Å². The highest BCUT2D eigenvalue weighted by Gasteiger charge is 1.96. The first kappa shape index (κ1) is 26.4. The third-order valence-electron chi connectivity index (χ3n) is 4.72. The number of allylic oxidation sites excluding steroid dienone is 8. The Hall–Kier alpha value is -1.57. The van der Waals surface area contributed by atoms with Gasteiger partial charge >= 0.3 is 5.97 Å². The van der Waals surface area contributed by atoms with Crippen LogP contribution in [0.3, 0.4) is 0 Å². The van der Waals surface area contributed by atoms with Crippen molar-refractivity contribution in [3.8, 4) is 0 Å². The highest BCUT2D eigenvalue weighted by molar-refractivity contribution is 5.66. The van der Waals surface area contributed by atoms with E-state index in [-0.39, 0.29) is 0 Å². The first-order valence-electron chi connectivity index (χ1n) is 11.6. The molecule has 2 heteroatoms. The van der Waals surface area contributed by atoms with Gasteiger partial charge in [-0.1, -0.05) is 100 Å². The minimum Gasteiger partial charge on any atom is -0.481 e. The molecule has 0 aliphatic carbocycles. The van der Waals surface area contributed by atoms with E-state index in [0.29, 0.717) is 6.42 Å². The third-order valence-corrected chi connectivity index (χ3v) is 4.72. The molecule has 0 amide bonds. The smallest absolute Gasteiger partial charge is 0.303 e. The van der Waals surface area contributed by atoms with Crippen molar-refractivity contribution in [2.75, 3.05) is 0 Å². The van der Waals surface area contributed by atoms with Gasteiger partial charge < -0.3 is 5.11 Å². The molecular weight excluding hydrogens is 344 g/mol. The molecule has 0 fully saturated rings. The average molecular weight is 389 g/mol. The molecule has 0 saturated carbocycles. The molecule has 0 bridgehead atoms. The van der Waals surface area contributed by atoms with Crippen LogP contribution in [0.15, 0.2) is 48.6 Å². The van der Waals surface area contributed by atoms with E-state index in [1.54, 1.807) is 0 Å². The first-order chi connectivity index (χ1) is 13.8. The number of hydrogen-bond acceptors (Lipinski definition) is 1. The Bertz CT molecular complexity index is 443. The topological polar surface area (TPSA) is 37.3 Å². The Labute approximate surface area is 174 Å². The lowest BCUT2D eigenvalue weighted by Gasteiger charge is -2.00. The normalized spacial score (nSPS) is 12.3. The largest absolute Gasteiger partial charge is 0.481 e. The molecule has 0 spiro atoms. The number of carboxylic acid groups (broad SMARTS) is 1. The van der Waals surface area contributed by atoms with Gasteiger partial charge in [-0.2, -0.15) is 0 Å². The summed E-state index contributed by atoms with van der Waals surface area (Å²) in [6.45, 7) is 2.25. The molecule has 0 rings (SSSR count). The Morgan fingerprint density at radius 1 is 0.571 bits per heavy atom. The number of rotatable bonds is 20. The van der Waals surface area contributed by atoms with Crippen LogP contribution in [0.5, 0.6) is 0 Å². The fourth-order valence-corrected chi connectivity index (χ4v) is 2.98. The van der Waals surface area contributed by atoms with Crippen LogP contribution >= 0.6 is 0 Å². The van der Waals surface area contributed by atoms with Crippen molar-refractivity contribution in [3.63, 3.8) is 0 Å². The third kappa shape index (κ3) is 24.4. The van der Waals surface area contributed by atoms with E-state index in [0.717, 1.165) is 32.1 Å². The zero-order chi connectivity index (χ0) is 20.5. The quantitative estimate of drug-likeness (QED) is 0.167. The van der Waals surface area contributed by atoms with Crippen molar-refractivity contribution >= 4 is 5.97 Å². The minimum absolute atomic E-state index is 0.325. The van der Waals surface area contributed by atoms with Crippen LogP contribution in [0.2, 0.25) is 0 Å². The number of carbonyl (C=O) groups is 1. The van der Waals surface area contributed by atoms with Crippen LogP contribution in [-0.2, 0) is 4.79 Å². The molecule has 0 aromatic rings. The highest BCUT2D eigenvalue weighted by atomic mass is 16.4. The molecule has 0 aliphatic heterocycles. The standard InChI is InChI=1S/C26H44O2/c1-2-3-4-5-6-7-8-9-10-11-12-13-14-15-16-17-18-19-20-21-22-23-24-25-26(27)28/h6-7,9-10,12-13,15-16H,2-5,8,11,14,17-25H2,1H3,(H,27,28)/b7-6-,10-9-,13-12-,16-15-. The Kier molecular flexibility index (Phi) is 22.2. The molecule has 0 heterocycles. The predicted molar refractivity (Wildman–Crippen MR) is 124 cm³/mol. The summed E-state index contributed by atoms with van der Waals surface area (Å²) in [6.07, 6.45) is 36.1. The maximum atomic E-state index is 10.4. The van der Waals surface area contributed by atoms with Crippen molar-refractivity contribution in [1.82, 2.24) is 0 Å². The Morgan fingerprint density at radius 2 is 0.964 bits per heavy atom. The summed E-state index contributed by atoms with van der Waals surface area (Å²) < 4.78 is 0. The number of unbranched alkanes of at least 4 members (excludes halogenated alkanes) is 10. The van der Waals surface area contributed by atoms with Crippen molar-refractivity contribution in [2.24, 2.45) is 0 Å². The molecule has 1 N–H and O–H groups in total. The van der Waals surface area contributed by atoms with Crippen LogP contribution in [0.4, 0.5) is 0 Å². The van der Waals surface area contributed by atoms with E-state index in [2.05, 4.69) is 55.5 Å². The number of carboxylic acids is 1. The molecule has 0 unspecified atom stereocenters. The minimum atomic E-state index is -0.668. The van der Waals surface area contributed by atoms with Gasteiger partial charge in [0.05, 0.1) is 0 Å². The molecule has 0 aromatic carbocycles. The Morgan fingerprint density at radius 3 is 1.43 bits per heavy atom. The summed E-state index contributed by atoms with van der Waals surface area (Å²) in [5.41, 5.74) is 0. The molecule has 2 nitrogen and oxygen atoms in total. The zero-order valence-electron chi connectivity index (χ0n) is 18.3. The van der Waals surface area contributed by atoms with Crippen molar-refractivity contribution in [2.45, 2.75) is 110 Å². The van der Waals surface area contributed by atoms with Crippen LogP contribution in [-0.4, -0.2) is 11.1 Å². The van der Waals surface area contributed by atoms with Crippen molar-refractivity contribution < 1.29 is 9.90 Å². The molecule has 0 aromatic heterocycles. The second-order valence-electron chi connectivity index (χ2n) is 7.50. The summed E-state index contributed by atoms with van der Waals surface area (Å²) in [5, 5.41) is 8.57. The van der Waals surface area contributed by atoms with Gasteiger partial charge in [0.25, 0.3) is 0 Å². The average Bonchev–Trinajstić information content (AvgIpc) is 2.68. The van der Waals surface area contributed by atoms with Crippen LogP contribution < -0.4 is 0 Å². The van der Waals surface area contributed by atoms with E-state index in [9.17, 15) is 4.79 Å². The fraction of sp³-hybridized carbons (Fsp3) is 0.654. The molecule has 0 saturated heterocycles. The second-order valence-corrected chi connectivity index (χ2v) is 7.50. The molecule has 28 heavy (non-hydrogen) atoms. The summed E-state index contributed by atoms with van der Waals surface area (Å²) >= 11 is 0. The van der Waals surface area contributed by atoms with Gasteiger partial charge in [-0.3, -0.25) is 4.79 Å². The summed E-state index contributed by atoms with van der Waals surface area (Å²) in [5.74, 6) is -0.668. The lowest BCUT2D eigenvalue weighted by molar-refractivity contribution is -0.137. The van der Waals surface area contributed by atoms with Crippen molar-refractivity contribution in [3.05, 3.63) is 48.6 Å². The fourth-order valence-electron chi connectivity index (χ4n) is 2.98. The highest BCUT2D eigenvalue weighted by Crippen LogP contribution is 2.10. The summed E-state index contributed by atoms with van der Waals surface area (Å²) in [7, 11) is 0. The summed E-state index contributed by atoms with van der Waals surface area (Å²) in [4.78, 5) is 10.4. The van der Waals surface area contributed by atoms with Crippen LogP contribution in [0.1, 0.15) is 110 Å². The first-order valence-corrected chi connectivity index (χ1v) is 11.6. The van der Waals surface area contributed by atoms with Gasteiger partial charge in [0.15, 0.2) is 0 Å². The molecule has 0 aliphatic rings. The van der Waals surface area contributed by atoms with Gasteiger partial charge in [0.1, 0.15) is 0 Å². The van der Waals surface area contributed by atoms with Gasteiger partial charge in [-0.25, -0.2) is 0 Å². The van der Waals surface area contributed by atoms with Gasteiger partial charge in [0, 0.05) is 6.42 Å². The number of aliphatic carboxylic acids is 1. The Balaban J connectivity index is 3.32. The van der Waals surface area contributed by atoms with E-state index in [4.69, 9.17) is 5.11 Å². The van der Waals surface area contributed by atoms with Crippen LogP contribution in [0, 0.1) is 0 Å². The predicted octanol–water partition coefficient (Wildman–Crippen LogP) is 8.56. The zero-order valence-corrected chi connectivity index (χ0v) is 18.3. The monoisotopic (exact) mass is 388 g/mol. The summed E-state index contributed by atoms with van der Waals surface area (Å²) in [6, 6.07) is 0. The SMILES string of the molecule is CCCCC/C=C\C/C=C\C/C=C\C/C=C\CCCCCCCCCC(=O)O. The second kappa shape index (κ2) is 23.5. The molecule has 0 atom stereocenters. The maximum Gasteiger partial charge on any atom is 0.303 e. The van der Waals surface area contributed by atoms with E-state index in [1.165, 1.54) is 64.2 Å². The lowest BCUT2D eigenvalue weighted by atomic mass is 10.1. The van der Waals surface area contributed by atoms with E-state index >= 15 is 0 Å².